The minimum Gasteiger partial charge on any atom is -0.530 e. The summed E-state index contributed by atoms with van der Waals surface area (Å²) >= 11 is 0. The Labute approximate surface area is 110 Å². The van der Waals surface area contributed by atoms with Crippen LogP contribution in [0.25, 0.3) is 11.4 Å². The van der Waals surface area contributed by atoms with E-state index in [1.54, 1.807) is 30.3 Å². The molecule has 1 aromatic carbocycles. The lowest BCUT2D eigenvalue weighted by Crippen LogP contribution is -2.29. The number of anilines is 1. The minimum atomic E-state index is -1.38. The van der Waals surface area contributed by atoms with E-state index in [1.165, 1.54) is 7.11 Å². The fraction of sp³-hybridized carbons (Fsp3) is 0.154. The van der Waals surface area contributed by atoms with Crippen LogP contribution in [0.15, 0.2) is 30.3 Å². The average Bonchev–Trinajstić information content (AvgIpc) is 2.38. The topological polar surface area (TPSA) is 87.2 Å². The van der Waals surface area contributed by atoms with Crippen molar-refractivity contribution in [3.05, 3.63) is 36.0 Å². The van der Waals surface area contributed by atoms with Crippen LogP contribution in [0.2, 0.25) is 0 Å². The van der Waals surface area contributed by atoms with Crippen molar-refractivity contribution >= 4 is 11.8 Å². The van der Waals surface area contributed by atoms with E-state index in [-0.39, 0.29) is 0 Å². The Kier molecular flexibility index (Phi) is 3.61. The van der Waals surface area contributed by atoms with Crippen LogP contribution in [0, 0.1) is 6.92 Å². The number of hydrogen-bond acceptors (Lipinski definition) is 5. The summed E-state index contributed by atoms with van der Waals surface area (Å²) in [6, 6.07) is 8.51. The van der Waals surface area contributed by atoms with Gasteiger partial charge >= 0.3 is 0 Å². The number of ether oxygens (including phenoxy) is 1. The van der Waals surface area contributed by atoms with Crippen LogP contribution < -0.4 is 15.2 Å². The molecule has 0 fully saturated rings. The van der Waals surface area contributed by atoms with Crippen LogP contribution in [0.4, 0.5) is 10.5 Å². The molecule has 2 rings (SSSR count). The van der Waals surface area contributed by atoms with Crippen LogP contribution in [0.1, 0.15) is 5.69 Å². The summed E-state index contributed by atoms with van der Waals surface area (Å²) in [5, 5.41) is 12.9. The van der Waals surface area contributed by atoms with Gasteiger partial charge in [0.05, 0.1) is 12.8 Å². The second kappa shape index (κ2) is 5.34. The SMILES string of the molecule is COc1cc(C)nc(-c2ccccc2NC(=O)[O-])n1. The monoisotopic (exact) mass is 258 g/mol. The molecule has 0 aliphatic heterocycles. The van der Waals surface area contributed by atoms with Crippen LogP contribution >= 0.6 is 0 Å². The summed E-state index contributed by atoms with van der Waals surface area (Å²) in [5.74, 6) is 0.812. The molecular weight excluding hydrogens is 246 g/mol. The van der Waals surface area contributed by atoms with Crippen molar-refractivity contribution in [3.8, 4) is 17.3 Å². The Hall–Kier alpha value is -2.63. The molecule has 0 unspecified atom stereocenters. The van der Waals surface area contributed by atoms with Gasteiger partial charge in [0, 0.05) is 17.3 Å². The largest absolute Gasteiger partial charge is 0.530 e. The third-order valence-corrected chi connectivity index (χ3v) is 2.44. The number of para-hydroxylation sites is 1. The number of aromatic nitrogens is 2. The molecule has 0 bridgehead atoms. The zero-order valence-corrected chi connectivity index (χ0v) is 10.5. The van der Waals surface area contributed by atoms with Crippen LogP contribution in [-0.4, -0.2) is 23.2 Å². The van der Waals surface area contributed by atoms with Crippen molar-refractivity contribution in [2.45, 2.75) is 6.92 Å². The number of hydrogen-bond donors (Lipinski definition) is 1. The van der Waals surface area contributed by atoms with E-state index in [0.29, 0.717) is 23.0 Å². The summed E-state index contributed by atoms with van der Waals surface area (Å²) in [7, 11) is 1.51. The predicted molar refractivity (Wildman–Crippen MR) is 67.8 cm³/mol. The Morgan fingerprint density at radius 3 is 2.74 bits per heavy atom. The maximum Gasteiger partial charge on any atom is 0.216 e. The van der Waals surface area contributed by atoms with Crippen molar-refractivity contribution in [1.82, 2.24) is 9.97 Å². The van der Waals surface area contributed by atoms with Gasteiger partial charge in [-0.3, -0.25) is 0 Å². The Morgan fingerprint density at radius 2 is 2.05 bits per heavy atom. The second-order valence-electron chi connectivity index (χ2n) is 3.83. The predicted octanol–water partition coefficient (Wildman–Crippen LogP) is 1.22. The number of carbonyl (C=O) groups is 1. The van der Waals surface area contributed by atoms with E-state index in [1.807, 2.05) is 6.92 Å². The summed E-state index contributed by atoms with van der Waals surface area (Å²) in [4.78, 5) is 19.1. The molecule has 0 aliphatic carbocycles. The third-order valence-electron chi connectivity index (χ3n) is 2.44. The number of rotatable bonds is 3. The molecule has 1 aromatic heterocycles. The first-order valence-corrected chi connectivity index (χ1v) is 5.57. The summed E-state index contributed by atoms with van der Waals surface area (Å²) < 4.78 is 5.08. The Balaban J connectivity index is 2.52. The van der Waals surface area contributed by atoms with Gasteiger partial charge in [0.2, 0.25) is 5.88 Å². The number of methoxy groups -OCH3 is 1. The molecule has 6 nitrogen and oxygen atoms in total. The van der Waals surface area contributed by atoms with Crippen molar-refractivity contribution in [2.24, 2.45) is 0 Å². The minimum absolute atomic E-state index is 0.371. The van der Waals surface area contributed by atoms with Crippen LogP contribution in [-0.2, 0) is 0 Å². The first-order chi connectivity index (χ1) is 9.10. The number of carboxylic acid groups (broad SMARTS) is 1. The number of carbonyl (C=O) groups excluding carboxylic acids is 1. The van der Waals surface area contributed by atoms with Gasteiger partial charge in [-0.05, 0) is 19.1 Å². The first kappa shape index (κ1) is 12.8. The molecule has 0 spiro atoms. The van der Waals surface area contributed by atoms with Crippen LogP contribution in [0.5, 0.6) is 5.88 Å². The number of nitrogens with zero attached hydrogens (tertiary/aromatic N) is 2. The molecule has 0 atom stereocenters. The molecule has 0 saturated carbocycles. The summed E-state index contributed by atoms with van der Waals surface area (Å²) in [5.41, 5.74) is 1.66. The molecule has 1 N–H and O–H groups in total. The standard InChI is InChI=1S/C13H13N3O3/c1-8-7-11(19-2)16-12(14-8)9-5-3-4-6-10(9)15-13(17)18/h3-7,15H,1-2H3,(H,17,18)/p-1. The molecule has 6 heteroatoms. The van der Waals surface area contributed by atoms with Crippen molar-refractivity contribution in [3.63, 3.8) is 0 Å². The van der Waals surface area contributed by atoms with Gasteiger partial charge < -0.3 is 20.0 Å². The number of nitrogens with one attached hydrogen (secondary N) is 1. The van der Waals surface area contributed by atoms with E-state index >= 15 is 0 Å². The summed E-state index contributed by atoms with van der Waals surface area (Å²) in [6.07, 6.45) is -1.38. The van der Waals surface area contributed by atoms with E-state index in [9.17, 15) is 9.90 Å². The molecule has 1 amide bonds. The van der Waals surface area contributed by atoms with Gasteiger partial charge in [0.25, 0.3) is 0 Å². The molecule has 0 saturated heterocycles. The highest BCUT2D eigenvalue weighted by atomic mass is 16.5. The maximum atomic E-state index is 10.7. The second-order valence-corrected chi connectivity index (χ2v) is 3.83. The molecule has 0 radical (unpaired) electrons. The zero-order chi connectivity index (χ0) is 13.8. The van der Waals surface area contributed by atoms with Gasteiger partial charge in [-0.25, -0.2) is 4.98 Å². The van der Waals surface area contributed by atoms with Crippen molar-refractivity contribution in [1.29, 1.82) is 0 Å². The zero-order valence-electron chi connectivity index (χ0n) is 10.5. The van der Waals surface area contributed by atoms with Gasteiger partial charge in [-0.2, -0.15) is 4.98 Å². The van der Waals surface area contributed by atoms with E-state index in [0.717, 1.165) is 5.69 Å². The summed E-state index contributed by atoms with van der Waals surface area (Å²) in [6.45, 7) is 1.81. The first-order valence-electron chi connectivity index (χ1n) is 5.57. The molecule has 0 aliphatic rings. The van der Waals surface area contributed by atoms with Gasteiger partial charge in [0.1, 0.15) is 6.09 Å². The van der Waals surface area contributed by atoms with Crippen LogP contribution in [0.3, 0.4) is 0 Å². The average molecular weight is 258 g/mol. The molecule has 1 heterocycles. The number of benzene rings is 1. The Bertz CT molecular complexity index is 614. The fourth-order valence-electron chi connectivity index (χ4n) is 1.66. The fourth-order valence-corrected chi connectivity index (χ4v) is 1.66. The van der Waals surface area contributed by atoms with Crippen molar-refractivity contribution < 1.29 is 14.6 Å². The Morgan fingerprint density at radius 1 is 1.32 bits per heavy atom. The normalized spacial score (nSPS) is 10.0. The van der Waals surface area contributed by atoms with Gasteiger partial charge in [0.15, 0.2) is 5.82 Å². The lowest BCUT2D eigenvalue weighted by Gasteiger charge is -2.12. The number of aryl methyl sites for hydroxylation is 1. The van der Waals surface area contributed by atoms with E-state index < -0.39 is 6.09 Å². The highest BCUT2D eigenvalue weighted by Gasteiger charge is 2.09. The van der Waals surface area contributed by atoms with Gasteiger partial charge in [-0.15, -0.1) is 0 Å². The molecule has 98 valence electrons. The molecular formula is C13H12N3O3-. The van der Waals surface area contributed by atoms with Gasteiger partial charge in [-0.1, -0.05) is 12.1 Å². The third kappa shape index (κ3) is 2.98. The lowest BCUT2D eigenvalue weighted by molar-refractivity contribution is -0.242. The van der Waals surface area contributed by atoms with E-state index in [2.05, 4.69) is 15.3 Å². The highest BCUT2D eigenvalue weighted by molar-refractivity contribution is 5.88. The molecule has 2 aromatic rings. The quantitative estimate of drug-likeness (QED) is 0.894. The maximum absolute atomic E-state index is 10.7. The lowest BCUT2D eigenvalue weighted by atomic mass is 10.1. The smallest absolute Gasteiger partial charge is 0.216 e. The van der Waals surface area contributed by atoms with E-state index in [4.69, 9.17) is 4.74 Å². The molecule has 19 heavy (non-hydrogen) atoms. The number of amides is 1. The highest BCUT2D eigenvalue weighted by Crippen LogP contribution is 2.26. The van der Waals surface area contributed by atoms with Crippen molar-refractivity contribution in [2.75, 3.05) is 12.4 Å².